The number of amides is 1. The summed E-state index contributed by atoms with van der Waals surface area (Å²) in [6.45, 7) is 0.747. The molecule has 3 heterocycles. The van der Waals surface area contributed by atoms with Crippen LogP contribution in [0.2, 0.25) is 5.02 Å². The molecule has 0 bridgehead atoms. The largest absolute Gasteiger partial charge is 0.463 e. The second-order valence-corrected chi connectivity index (χ2v) is 6.56. The van der Waals surface area contributed by atoms with Gasteiger partial charge in [-0.1, -0.05) is 11.6 Å². The minimum absolute atomic E-state index is 0.0176. The van der Waals surface area contributed by atoms with Crippen LogP contribution in [0, 0.1) is 0 Å². The van der Waals surface area contributed by atoms with E-state index in [9.17, 15) is 4.79 Å². The van der Waals surface area contributed by atoms with Gasteiger partial charge in [-0.05, 0) is 43.5 Å². The highest BCUT2D eigenvalue weighted by atomic mass is 35.5. The molecule has 1 aliphatic rings. The first-order chi connectivity index (χ1) is 11.7. The van der Waals surface area contributed by atoms with Gasteiger partial charge in [0.15, 0.2) is 5.58 Å². The van der Waals surface area contributed by atoms with Crippen LogP contribution in [0.25, 0.3) is 11.0 Å². The van der Waals surface area contributed by atoms with Gasteiger partial charge in [-0.2, -0.15) is 5.10 Å². The van der Waals surface area contributed by atoms with E-state index in [4.69, 9.17) is 16.0 Å². The van der Waals surface area contributed by atoms with Crippen molar-refractivity contribution in [2.24, 2.45) is 7.05 Å². The smallest absolute Gasteiger partial charge is 0.255 e. The number of carbonyl (C=O) groups is 1. The molecule has 1 fully saturated rings. The number of fused-ring (bicyclic) bond motifs is 1. The predicted octanol–water partition coefficient (Wildman–Crippen LogP) is 4.19. The fourth-order valence-electron chi connectivity index (χ4n) is 3.56. The van der Waals surface area contributed by atoms with Gasteiger partial charge in [-0.15, -0.1) is 0 Å². The molecular weight excluding hydrogens is 326 g/mol. The van der Waals surface area contributed by atoms with E-state index in [1.807, 2.05) is 22.7 Å². The summed E-state index contributed by atoms with van der Waals surface area (Å²) in [6, 6.07) is 7.36. The molecule has 2 aromatic heterocycles. The van der Waals surface area contributed by atoms with Crippen molar-refractivity contribution in [3.05, 3.63) is 53.0 Å². The molecule has 0 aliphatic carbocycles. The van der Waals surface area contributed by atoms with Crippen molar-refractivity contribution < 1.29 is 9.21 Å². The Bertz CT molecular complexity index is 899. The molecular formula is C18H18ClN3O2. The molecule has 1 aliphatic heterocycles. The van der Waals surface area contributed by atoms with Gasteiger partial charge in [0.25, 0.3) is 5.91 Å². The van der Waals surface area contributed by atoms with E-state index < -0.39 is 0 Å². The number of carbonyl (C=O) groups excluding carboxylic acids is 1. The van der Waals surface area contributed by atoms with Gasteiger partial charge in [0.2, 0.25) is 0 Å². The molecule has 1 atom stereocenters. The summed E-state index contributed by atoms with van der Waals surface area (Å²) >= 11 is 6.16. The molecule has 3 aromatic rings. The number of likely N-dealkylation sites (tertiary alicyclic amines) is 1. The van der Waals surface area contributed by atoms with E-state index >= 15 is 0 Å². The molecule has 1 saturated heterocycles. The molecule has 4 rings (SSSR count). The van der Waals surface area contributed by atoms with Crippen LogP contribution < -0.4 is 0 Å². The van der Waals surface area contributed by atoms with Crippen molar-refractivity contribution in [2.75, 3.05) is 6.54 Å². The number of aryl methyl sites for hydroxylation is 1. The number of halogens is 1. The molecule has 0 saturated carbocycles. The number of furan rings is 1. The fraction of sp³-hybridized carbons (Fsp3) is 0.333. The summed E-state index contributed by atoms with van der Waals surface area (Å²) in [7, 11) is 1.92. The topological polar surface area (TPSA) is 51.3 Å². The fourth-order valence-corrected chi connectivity index (χ4v) is 3.77. The lowest BCUT2D eigenvalue weighted by Crippen LogP contribution is -2.39. The lowest BCUT2D eigenvalue weighted by atomic mass is 9.97. The van der Waals surface area contributed by atoms with E-state index in [-0.39, 0.29) is 11.9 Å². The predicted molar refractivity (Wildman–Crippen MR) is 92.1 cm³/mol. The van der Waals surface area contributed by atoms with Crippen LogP contribution in [0.1, 0.15) is 41.4 Å². The van der Waals surface area contributed by atoms with E-state index in [2.05, 4.69) is 5.10 Å². The Morgan fingerprint density at radius 2 is 2.17 bits per heavy atom. The van der Waals surface area contributed by atoms with Gasteiger partial charge < -0.3 is 9.32 Å². The summed E-state index contributed by atoms with van der Waals surface area (Å²) in [5.74, 6) is 0.0176. The maximum Gasteiger partial charge on any atom is 0.255 e. The Kier molecular flexibility index (Phi) is 3.81. The lowest BCUT2D eigenvalue weighted by Gasteiger charge is -2.36. The zero-order chi connectivity index (χ0) is 16.7. The zero-order valence-electron chi connectivity index (χ0n) is 13.4. The van der Waals surface area contributed by atoms with E-state index in [1.165, 1.54) is 0 Å². The third-order valence-electron chi connectivity index (χ3n) is 4.76. The van der Waals surface area contributed by atoms with Crippen LogP contribution in [0.3, 0.4) is 0 Å². The molecule has 0 spiro atoms. The van der Waals surface area contributed by atoms with Crippen LogP contribution in [-0.4, -0.2) is 27.1 Å². The average molecular weight is 344 g/mol. The third-order valence-corrected chi connectivity index (χ3v) is 5.06. The van der Waals surface area contributed by atoms with Crippen LogP contribution in [0.15, 0.2) is 41.1 Å². The third kappa shape index (κ3) is 2.40. The van der Waals surface area contributed by atoms with Crippen molar-refractivity contribution in [3.63, 3.8) is 0 Å². The van der Waals surface area contributed by atoms with Gasteiger partial charge in [0, 0.05) is 25.2 Å². The number of hydrogen-bond donors (Lipinski definition) is 0. The van der Waals surface area contributed by atoms with Gasteiger partial charge in [0.05, 0.1) is 28.6 Å². The summed E-state index contributed by atoms with van der Waals surface area (Å²) in [4.78, 5) is 15.2. The molecule has 1 amide bonds. The lowest BCUT2D eigenvalue weighted by molar-refractivity contribution is 0.0603. The molecule has 0 radical (unpaired) electrons. The van der Waals surface area contributed by atoms with Crippen LogP contribution >= 0.6 is 11.6 Å². The number of piperidine rings is 1. The van der Waals surface area contributed by atoms with E-state index in [0.29, 0.717) is 16.2 Å². The first-order valence-corrected chi connectivity index (χ1v) is 8.49. The number of hydrogen-bond acceptors (Lipinski definition) is 3. The highest BCUT2D eigenvalue weighted by Gasteiger charge is 2.31. The highest BCUT2D eigenvalue weighted by molar-refractivity contribution is 6.35. The van der Waals surface area contributed by atoms with Crippen LogP contribution in [-0.2, 0) is 7.05 Å². The molecule has 5 nitrogen and oxygen atoms in total. The highest BCUT2D eigenvalue weighted by Crippen LogP contribution is 2.34. The first kappa shape index (κ1) is 15.3. The van der Waals surface area contributed by atoms with Crippen molar-refractivity contribution in [3.8, 4) is 0 Å². The van der Waals surface area contributed by atoms with Gasteiger partial charge in [-0.25, -0.2) is 0 Å². The molecule has 1 aromatic carbocycles. The molecule has 0 N–H and O–H groups in total. The molecule has 124 valence electrons. The zero-order valence-corrected chi connectivity index (χ0v) is 14.2. The second kappa shape index (κ2) is 5.98. The van der Waals surface area contributed by atoms with E-state index in [1.54, 1.807) is 30.7 Å². The Morgan fingerprint density at radius 1 is 1.29 bits per heavy atom. The van der Waals surface area contributed by atoms with Crippen molar-refractivity contribution in [1.82, 2.24) is 14.7 Å². The number of rotatable bonds is 2. The summed E-state index contributed by atoms with van der Waals surface area (Å²) in [6.07, 6.45) is 6.43. The van der Waals surface area contributed by atoms with Crippen LogP contribution in [0.5, 0.6) is 0 Å². The van der Waals surface area contributed by atoms with Gasteiger partial charge in [0.1, 0.15) is 0 Å². The summed E-state index contributed by atoms with van der Waals surface area (Å²) in [5.41, 5.74) is 2.27. The standard InChI is InChI=1S/C18H18ClN3O2/c1-21-15(7-9-20-21)16-4-2-3-10-22(16)18(23)13-5-6-14(19)17-12(13)8-11-24-17/h5-9,11,16H,2-4,10H2,1H3. The second-order valence-electron chi connectivity index (χ2n) is 6.15. The minimum Gasteiger partial charge on any atom is -0.463 e. The summed E-state index contributed by atoms with van der Waals surface area (Å²) < 4.78 is 7.28. The summed E-state index contributed by atoms with van der Waals surface area (Å²) in [5, 5.41) is 5.55. The van der Waals surface area contributed by atoms with Gasteiger partial charge >= 0.3 is 0 Å². The maximum absolute atomic E-state index is 13.3. The Balaban J connectivity index is 1.75. The molecule has 6 heteroatoms. The van der Waals surface area contributed by atoms with Crippen LogP contribution in [0.4, 0.5) is 0 Å². The number of aromatic nitrogens is 2. The normalized spacial score (nSPS) is 18.2. The van der Waals surface area contributed by atoms with E-state index in [0.717, 1.165) is 36.9 Å². The number of nitrogens with zero attached hydrogens (tertiary/aromatic N) is 3. The van der Waals surface area contributed by atoms with Gasteiger partial charge in [-0.3, -0.25) is 9.48 Å². The first-order valence-electron chi connectivity index (χ1n) is 8.11. The SMILES string of the molecule is Cn1nccc1C1CCCCN1C(=O)c1ccc(Cl)c2occc12. The average Bonchev–Trinajstić information content (AvgIpc) is 3.24. The Morgan fingerprint density at radius 3 is 2.96 bits per heavy atom. The Labute approximate surface area is 144 Å². The Hall–Kier alpha value is -2.27. The monoisotopic (exact) mass is 343 g/mol. The minimum atomic E-state index is 0.0176. The van der Waals surface area contributed by atoms with Crippen molar-refractivity contribution in [1.29, 1.82) is 0 Å². The quantitative estimate of drug-likeness (QED) is 0.701. The van der Waals surface area contributed by atoms with Crippen molar-refractivity contribution >= 4 is 28.5 Å². The van der Waals surface area contributed by atoms with Crippen molar-refractivity contribution in [2.45, 2.75) is 25.3 Å². The maximum atomic E-state index is 13.3. The number of benzene rings is 1. The molecule has 1 unspecified atom stereocenters. The molecule has 24 heavy (non-hydrogen) atoms.